The van der Waals surface area contributed by atoms with Gasteiger partial charge in [0, 0.05) is 17.5 Å². The van der Waals surface area contributed by atoms with E-state index in [1.54, 1.807) is 11.3 Å². The van der Waals surface area contributed by atoms with Crippen molar-refractivity contribution >= 4 is 11.3 Å². The molecule has 0 aromatic carbocycles. The number of aliphatic hydroxyl groups is 1. The van der Waals surface area contributed by atoms with Gasteiger partial charge in [0.25, 0.3) is 0 Å². The molecule has 90 valence electrons. The summed E-state index contributed by atoms with van der Waals surface area (Å²) < 4.78 is 0. The van der Waals surface area contributed by atoms with Gasteiger partial charge in [0.05, 0.1) is 0 Å². The molecule has 0 saturated heterocycles. The first-order valence-corrected chi connectivity index (χ1v) is 6.71. The van der Waals surface area contributed by atoms with Crippen molar-refractivity contribution < 1.29 is 5.11 Å². The van der Waals surface area contributed by atoms with Crippen molar-refractivity contribution in [3.05, 3.63) is 35.0 Å². The highest BCUT2D eigenvalue weighted by atomic mass is 32.1. The molecule has 0 radical (unpaired) electrons. The molecule has 1 aromatic heterocycles. The van der Waals surface area contributed by atoms with E-state index >= 15 is 0 Å². The van der Waals surface area contributed by atoms with Crippen LogP contribution in [0.1, 0.15) is 37.2 Å². The molecular formula is C13H21NOS. The molecule has 1 aromatic rings. The van der Waals surface area contributed by atoms with Crippen LogP contribution in [0.25, 0.3) is 0 Å². The van der Waals surface area contributed by atoms with Crippen LogP contribution < -0.4 is 5.32 Å². The van der Waals surface area contributed by atoms with Crippen LogP contribution in [0.2, 0.25) is 0 Å². The highest BCUT2D eigenvalue weighted by Crippen LogP contribution is 2.18. The molecule has 16 heavy (non-hydrogen) atoms. The lowest BCUT2D eigenvalue weighted by Gasteiger charge is -2.18. The second kappa shape index (κ2) is 7.60. The number of allylic oxidation sites excluding steroid dienone is 1. The molecular weight excluding hydrogens is 218 g/mol. The topological polar surface area (TPSA) is 32.3 Å². The Kier molecular flexibility index (Phi) is 6.38. The third-order valence-electron chi connectivity index (χ3n) is 2.68. The number of aliphatic hydroxyl groups excluding tert-OH is 1. The van der Waals surface area contributed by atoms with E-state index in [4.69, 9.17) is 0 Å². The first-order chi connectivity index (χ1) is 7.77. The van der Waals surface area contributed by atoms with Crippen LogP contribution in [0.3, 0.4) is 0 Å². The minimum atomic E-state index is -0.377. The smallest absolute Gasteiger partial charge is 0.101 e. The molecule has 0 bridgehead atoms. The number of hydrogen-bond acceptors (Lipinski definition) is 3. The maximum Gasteiger partial charge on any atom is 0.101 e. The SMILES string of the molecule is C=CCCC(CC)NCC(O)c1cccs1. The Bertz CT molecular complexity index is 284. The van der Waals surface area contributed by atoms with Crippen LogP contribution in [-0.4, -0.2) is 17.7 Å². The quantitative estimate of drug-likeness (QED) is 0.683. The van der Waals surface area contributed by atoms with Crippen molar-refractivity contribution in [3.63, 3.8) is 0 Å². The van der Waals surface area contributed by atoms with Gasteiger partial charge in [-0.2, -0.15) is 0 Å². The van der Waals surface area contributed by atoms with Gasteiger partial charge in [-0.1, -0.05) is 19.1 Å². The van der Waals surface area contributed by atoms with Gasteiger partial charge in [-0.25, -0.2) is 0 Å². The molecule has 0 aliphatic heterocycles. The molecule has 0 aliphatic rings. The Morgan fingerprint density at radius 2 is 2.44 bits per heavy atom. The van der Waals surface area contributed by atoms with Crippen molar-refractivity contribution in [2.24, 2.45) is 0 Å². The van der Waals surface area contributed by atoms with Crippen LogP contribution in [0.5, 0.6) is 0 Å². The van der Waals surface area contributed by atoms with E-state index in [1.807, 2.05) is 23.6 Å². The summed E-state index contributed by atoms with van der Waals surface area (Å²) in [4.78, 5) is 1.03. The Morgan fingerprint density at radius 1 is 1.62 bits per heavy atom. The molecule has 3 heteroatoms. The van der Waals surface area contributed by atoms with E-state index in [2.05, 4.69) is 18.8 Å². The van der Waals surface area contributed by atoms with Gasteiger partial charge in [0.15, 0.2) is 0 Å². The van der Waals surface area contributed by atoms with Gasteiger partial charge in [0.1, 0.15) is 6.10 Å². The lowest BCUT2D eigenvalue weighted by atomic mass is 10.1. The van der Waals surface area contributed by atoms with Crippen LogP contribution in [0.15, 0.2) is 30.2 Å². The lowest BCUT2D eigenvalue weighted by molar-refractivity contribution is 0.172. The largest absolute Gasteiger partial charge is 0.386 e. The van der Waals surface area contributed by atoms with Crippen molar-refractivity contribution in [2.75, 3.05) is 6.54 Å². The number of thiophene rings is 1. The minimum absolute atomic E-state index is 0.377. The molecule has 1 rings (SSSR count). The van der Waals surface area contributed by atoms with Crippen molar-refractivity contribution in [3.8, 4) is 0 Å². The van der Waals surface area contributed by atoms with E-state index in [0.717, 1.165) is 24.1 Å². The molecule has 2 nitrogen and oxygen atoms in total. The van der Waals surface area contributed by atoms with Crippen molar-refractivity contribution in [1.82, 2.24) is 5.32 Å². The Labute approximate surface area is 102 Å². The maximum absolute atomic E-state index is 9.91. The molecule has 2 atom stereocenters. The van der Waals surface area contributed by atoms with Gasteiger partial charge in [-0.05, 0) is 30.7 Å². The summed E-state index contributed by atoms with van der Waals surface area (Å²) in [5, 5.41) is 15.3. The minimum Gasteiger partial charge on any atom is -0.386 e. The normalized spacial score (nSPS) is 14.6. The fraction of sp³-hybridized carbons (Fsp3) is 0.538. The second-order valence-electron chi connectivity index (χ2n) is 3.91. The summed E-state index contributed by atoms with van der Waals surface area (Å²) in [5.74, 6) is 0. The van der Waals surface area contributed by atoms with Crippen molar-refractivity contribution in [2.45, 2.75) is 38.3 Å². The van der Waals surface area contributed by atoms with E-state index in [-0.39, 0.29) is 6.10 Å². The zero-order valence-corrected chi connectivity index (χ0v) is 10.7. The summed E-state index contributed by atoms with van der Waals surface area (Å²) in [6, 6.07) is 4.42. The fourth-order valence-electron chi connectivity index (χ4n) is 1.63. The monoisotopic (exact) mass is 239 g/mol. The Morgan fingerprint density at radius 3 is 3.00 bits per heavy atom. The molecule has 2 unspecified atom stereocenters. The standard InChI is InChI=1S/C13H21NOS/c1-3-5-7-11(4-2)14-10-12(15)13-8-6-9-16-13/h3,6,8-9,11-12,14-15H,1,4-5,7,10H2,2H3. The van der Waals surface area contributed by atoms with Crippen LogP contribution in [-0.2, 0) is 0 Å². The first kappa shape index (κ1) is 13.4. The van der Waals surface area contributed by atoms with E-state index in [1.165, 1.54) is 0 Å². The van der Waals surface area contributed by atoms with E-state index in [0.29, 0.717) is 12.6 Å². The zero-order chi connectivity index (χ0) is 11.8. The first-order valence-electron chi connectivity index (χ1n) is 5.83. The Hall–Kier alpha value is -0.640. The van der Waals surface area contributed by atoms with Gasteiger partial charge in [-0.3, -0.25) is 0 Å². The van der Waals surface area contributed by atoms with Crippen LogP contribution >= 0.6 is 11.3 Å². The van der Waals surface area contributed by atoms with E-state index in [9.17, 15) is 5.11 Å². The molecule has 1 heterocycles. The molecule has 0 fully saturated rings. The zero-order valence-electron chi connectivity index (χ0n) is 9.86. The molecule has 0 saturated carbocycles. The lowest BCUT2D eigenvalue weighted by Crippen LogP contribution is -2.32. The predicted octanol–water partition coefficient (Wildman–Crippen LogP) is 3.12. The number of nitrogens with one attached hydrogen (secondary N) is 1. The molecule has 0 spiro atoms. The average molecular weight is 239 g/mol. The average Bonchev–Trinajstić information content (AvgIpc) is 2.82. The second-order valence-corrected chi connectivity index (χ2v) is 4.89. The highest BCUT2D eigenvalue weighted by molar-refractivity contribution is 7.10. The van der Waals surface area contributed by atoms with E-state index < -0.39 is 0 Å². The highest BCUT2D eigenvalue weighted by Gasteiger charge is 2.11. The van der Waals surface area contributed by atoms with Crippen molar-refractivity contribution in [1.29, 1.82) is 0 Å². The summed E-state index contributed by atoms with van der Waals surface area (Å²) in [7, 11) is 0. The van der Waals surface area contributed by atoms with Gasteiger partial charge in [0.2, 0.25) is 0 Å². The maximum atomic E-state index is 9.91. The number of hydrogen-bond donors (Lipinski definition) is 2. The third kappa shape index (κ3) is 4.47. The third-order valence-corrected chi connectivity index (χ3v) is 3.66. The molecule has 2 N–H and O–H groups in total. The summed E-state index contributed by atoms with van der Waals surface area (Å²) in [5.41, 5.74) is 0. The van der Waals surface area contributed by atoms with Gasteiger partial charge >= 0.3 is 0 Å². The summed E-state index contributed by atoms with van der Waals surface area (Å²) in [6.07, 6.45) is 4.78. The van der Waals surface area contributed by atoms with Gasteiger partial charge in [-0.15, -0.1) is 17.9 Å². The summed E-state index contributed by atoms with van der Waals surface area (Å²) >= 11 is 1.60. The Balaban J connectivity index is 2.29. The number of rotatable bonds is 8. The molecule has 0 amide bonds. The summed E-state index contributed by atoms with van der Waals surface area (Å²) in [6.45, 7) is 6.53. The van der Waals surface area contributed by atoms with Gasteiger partial charge < -0.3 is 10.4 Å². The fourth-order valence-corrected chi connectivity index (χ4v) is 2.34. The van der Waals surface area contributed by atoms with Crippen LogP contribution in [0, 0.1) is 0 Å². The molecule has 0 aliphatic carbocycles. The predicted molar refractivity (Wildman–Crippen MR) is 70.8 cm³/mol. The van der Waals surface area contributed by atoms with Crippen LogP contribution in [0.4, 0.5) is 0 Å².